The summed E-state index contributed by atoms with van der Waals surface area (Å²) < 4.78 is 0. The van der Waals surface area contributed by atoms with E-state index in [1.807, 2.05) is 0 Å². The van der Waals surface area contributed by atoms with E-state index >= 15 is 0 Å². The SMILES string of the molecule is CCC1CCC(O)(CNC(=O)C2CCCCC2N)CC1. The number of nitrogens with one attached hydrogen (secondary N) is 1. The molecule has 2 unspecified atom stereocenters. The molecule has 2 fully saturated rings. The van der Waals surface area contributed by atoms with Gasteiger partial charge in [-0.15, -0.1) is 0 Å². The van der Waals surface area contributed by atoms with Gasteiger partial charge in [-0.25, -0.2) is 0 Å². The molecule has 0 heterocycles. The van der Waals surface area contributed by atoms with Crippen LogP contribution in [0.4, 0.5) is 0 Å². The third-order valence-electron chi connectivity index (χ3n) is 5.36. The third-order valence-corrected chi connectivity index (χ3v) is 5.36. The van der Waals surface area contributed by atoms with E-state index in [9.17, 15) is 9.90 Å². The van der Waals surface area contributed by atoms with Gasteiger partial charge in [0.25, 0.3) is 0 Å². The Morgan fingerprint density at radius 3 is 2.50 bits per heavy atom. The number of aliphatic hydroxyl groups is 1. The highest BCUT2D eigenvalue weighted by Gasteiger charge is 2.34. The van der Waals surface area contributed by atoms with Crippen LogP contribution < -0.4 is 11.1 Å². The number of hydrogen-bond donors (Lipinski definition) is 3. The molecule has 0 aromatic rings. The van der Waals surface area contributed by atoms with Gasteiger partial charge in [0.15, 0.2) is 0 Å². The molecule has 1 amide bonds. The van der Waals surface area contributed by atoms with Crippen molar-refractivity contribution in [1.82, 2.24) is 5.32 Å². The lowest BCUT2D eigenvalue weighted by molar-refractivity contribution is -0.128. The van der Waals surface area contributed by atoms with Gasteiger partial charge in [0.1, 0.15) is 0 Å². The van der Waals surface area contributed by atoms with Gasteiger partial charge in [-0.2, -0.15) is 0 Å². The number of nitrogens with two attached hydrogens (primary N) is 1. The fourth-order valence-electron chi connectivity index (χ4n) is 3.67. The summed E-state index contributed by atoms with van der Waals surface area (Å²) in [6.07, 6.45) is 9.02. The molecular formula is C16H30N2O2. The fourth-order valence-corrected chi connectivity index (χ4v) is 3.67. The first-order valence-electron chi connectivity index (χ1n) is 8.30. The average molecular weight is 282 g/mol. The van der Waals surface area contributed by atoms with Crippen LogP contribution in [0.3, 0.4) is 0 Å². The van der Waals surface area contributed by atoms with E-state index in [2.05, 4.69) is 12.2 Å². The zero-order chi connectivity index (χ0) is 14.6. The molecule has 4 heteroatoms. The predicted molar refractivity (Wildman–Crippen MR) is 80.1 cm³/mol. The molecule has 2 atom stereocenters. The largest absolute Gasteiger partial charge is 0.388 e. The predicted octanol–water partition coefficient (Wildman–Crippen LogP) is 1.95. The zero-order valence-corrected chi connectivity index (χ0v) is 12.7. The van der Waals surface area contributed by atoms with Crippen molar-refractivity contribution < 1.29 is 9.90 Å². The molecule has 2 aliphatic carbocycles. The van der Waals surface area contributed by atoms with E-state index < -0.39 is 5.60 Å². The Kier molecular flexibility index (Phi) is 5.44. The maximum Gasteiger partial charge on any atom is 0.224 e. The van der Waals surface area contributed by atoms with E-state index in [4.69, 9.17) is 5.73 Å². The molecular weight excluding hydrogens is 252 g/mol. The Bertz CT molecular complexity index is 324. The van der Waals surface area contributed by atoms with Crippen LogP contribution in [0.2, 0.25) is 0 Å². The normalized spacial score (nSPS) is 38.5. The second-order valence-electron chi connectivity index (χ2n) is 6.85. The van der Waals surface area contributed by atoms with Crippen molar-refractivity contribution >= 4 is 5.91 Å². The second-order valence-corrected chi connectivity index (χ2v) is 6.85. The van der Waals surface area contributed by atoms with Crippen LogP contribution in [0.25, 0.3) is 0 Å². The number of amides is 1. The van der Waals surface area contributed by atoms with Gasteiger partial charge in [0.2, 0.25) is 5.91 Å². The molecule has 2 rings (SSSR count). The van der Waals surface area contributed by atoms with E-state index in [0.717, 1.165) is 57.3 Å². The maximum absolute atomic E-state index is 12.2. The van der Waals surface area contributed by atoms with Gasteiger partial charge >= 0.3 is 0 Å². The standard InChI is InChI=1S/C16H30N2O2/c1-2-12-7-9-16(20,10-8-12)11-18-15(19)13-5-3-4-6-14(13)17/h12-14,20H,2-11,17H2,1H3,(H,18,19). The van der Waals surface area contributed by atoms with Gasteiger partial charge in [-0.3, -0.25) is 4.79 Å². The summed E-state index contributed by atoms with van der Waals surface area (Å²) in [5, 5.41) is 13.5. The highest BCUT2D eigenvalue weighted by atomic mass is 16.3. The molecule has 116 valence electrons. The Labute approximate surface area is 122 Å². The summed E-state index contributed by atoms with van der Waals surface area (Å²) in [6, 6.07) is -0.00535. The third kappa shape index (κ3) is 3.95. The van der Waals surface area contributed by atoms with Crippen LogP contribution in [0.1, 0.15) is 64.7 Å². The minimum Gasteiger partial charge on any atom is -0.388 e. The average Bonchev–Trinajstić information content (AvgIpc) is 2.46. The summed E-state index contributed by atoms with van der Waals surface area (Å²) in [7, 11) is 0. The number of carbonyl (C=O) groups is 1. The number of hydrogen-bond acceptors (Lipinski definition) is 3. The lowest BCUT2D eigenvalue weighted by Crippen LogP contribution is -2.50. The highest BCUT2D eigenvalue weighted by Crippen LogP contribution is 2.33. The van der Waals surface area contributed by atoms with Crippen LogP contribution in [0, 0.1) is 11.8 Å². The zero-order valence-electron chi connectivity index (χ0n) is 12.7. The molecule has 20 heavy (non-hydrogen) atoms. The van der Waals surface area contributed by atoms with Gasteiger partial charge in [0.05, 0.1) is 11.5 Å². The highest BCUT2D eigenvalue weighted by molar-refractivity contribution is 5.79. The number of rotatable bonds is 4. The lowest BCUT2D eigenvalue weighted by Gasteiger charge is -2.36. The first kappa shape index (κ1) is 15.8. The Morgan fingerprint density at radius 2 is 1.90 bits per heavy atom. The van der Waals surface area contributed by atoms with E-state index in [1.165, 1.54) is 6.42 Å². The van der Waals surface area contributed by atoms with Crippen molar-refractivity contribution in [2.45, 2.75) is 76.4 Å². The Hall–Kier alpha value is -0.610. The Morgan fingerprint density at radius 1 is 1.25 bits per heavy atom. The van der Waals surface area contributed by atoms with E-state index in [1.54, 1.807) is 0 Å². The molecule has 0 aliphatic heterocycles. The smallest absolute Gasteiger partial charge is 0.224 e. The summed E-state index contributed by atoms with van der Waals surface area (Å²) in [6.45, 7) is 2.60. The molecule has 0 aromatic carbocycles. The van der Waals surface area contributed by atoms with Crippen LogP contribution >= 0.6 is 0 Å². The molecule has 0 spiro atoms. The van der Waals surface area contributed by atoms with Crippen molar-refractivity contribution in [1.29, 1.82) is 0 Å². The van der Waals surface area contributed by atoms with Gasteiger partial charge < -0.3 is 16.2 Å². The second kappa shape index (κ2) is 6.90. The minimum absolute atomic E-state index is 0.00535. The van der Waals surface area contributed by atoms with Crippen molar-refractivity contribution in [2.24, 2.45) is 17.6 Å². The monoisotopic (exact) mass is 282 g/mol. The van der Waals surface area contributed by atoms with Crippen LogP contribution in [0.15, 0.2) is 0 Å². The molecule has 4 nitrogen and oxygen atoms in total. The molecule has 2 aliphatic rings. The first-order chi connectivity index (χ1) is 9.54. The molecule has 0 bridgehead atoms. The van der Waals surface area contributed by atoms with Crippen LogP contribution in [-0.2, 0) is 4.79 Å². The molecule has 2 saturated carbocycles. The van der Waals surface area contributed by atoms with E-state index in [0.29, 0.717) is 6.54 Å². The summed E-state index contributed by atoms with van der Waals surface area (Å²) >= 11 is 0. The van der Waals surface area contributed by atoms with Crippen LogP contribution in [0.5, 0.6) is 0 Å². The summed E-state index contributed by atoms with van der Waals surface area (Å²) in [5.74, 6) is 0.736. The molecule has 0 radical (unpaired) electrons. The van der Waals surface area contributed by atoms with E-state index in [-0.39, 0.29) is 17.9 Å². The topological polar surface area (TPSA) is 75.3 Å². The van der Waals surface area contributed by atoms with Gasteiger partial charge in [-0.05, 0) is 44.4 Å². The molecule has 0 saturated heterocycles. The number of carbonyl (C=O) groups excluding carboxylic acids is 1. The molecule has 4 N–H and O–H groups in total. The van der Waals surface area contributed by atoms with Crippen molar-refractivity contribution in [3.8, 4) is 0 Å². The minimum atomic E-state index is -0.694. The quantitative estimate of drug-likeness (QED) is 0.737. The van der Waals surface area contributed by atoms with Crippen molar-refractivity contribution in [3.05, 3.63) is 0 Å². The summed E-state index contributed by atoms with van der Waals surface area (Å²) in [5.41, 5.74) is 5.34. The Balaban J connectivity index is 1.78. The van der Waals surface area contributed by atoms with Crippen LogP contribution in [-0.4, -0.2) is 29.2 Å². The maximum atomic E-state index is 12.2. The molecule has 0 aromatic heterocycles. The fraction of sp³-hybridized carbons (Fsp3) is 0.938. The van der Waals surface area contributed by atoms with Crippen molar-refractivity contribution in [3.63, 3.8) is 0 Å². The first-order valence-corrected chi connectivity index (χ1v) is 8.30. The van der Waals surface area contributed by atoms with Crippen molar-refractivity contribution in [2.75, 3.05) is 6.54 Å². The summed E-state index contributed by atoms with van der Waals surface area (Å²) in [4.78, 5) is 12.2. The lowest BCUT2D eigenvalue weighted by atomic mass is 9.77. The van der Waals surface area contributed by atoms with Gasteiger partial charge in [0, 0.05) is 12.6 Å². The van der Waals surface area contributed by atoms with Gasteiger partial charge in [-0.1, -0.05) is 26.2 Å².